The summed E-state index contributed by atoms with van der Waals surface area (Å²) >= 11 is 0. The van der Waals surface area contributed by atoms with Crippen molar-refractivity contribution in [3.05, 3.63) is 0 Å². The summed E-state index contributed by atoms with van der Waals surface area (Å²) in [5.41, 5.74) is 4.85. The van der Waals surface area contributed by atoms with E-state index >= 15 is 0 Å². The van der Waals surface area contributed by atoms with Crippen molar-refractivity contribution in [2.45, 2.75) is 32.2 Å². The minimum Gasteiger partial charge on any atom is -0.319 e. The molecule has 1 unspecified atom stereocenters. The smallest absolute Gasteiger partial charge is 0.149 e. The summed E-state index contributed by atoms with van der Waals surface area (Å²) in [4.78, 5) is 10.8. The van der Waals surface area contributed by atoms with Crippen LogP contribution in [0.25, 0.3) is 0 Å². The van der Waals surface area contributed by atoms with E-state index in [9.17, 15) is 4.79 Å². The number of hydrogen-bond donors (Lipinski definition) is 2. The molecule has 58 valence electrons. The third kappa shape index (κ3) is 2.73. The lowest BCUT2D eigenvalue weighted by Gasteiger charge is -2.19. The highest BCUT2D eigenvalue weighted by Crippen LogP contribution is 2.07. The standard InChI is InChI=1S/C7H14N2O/c1-6(10)7(2,9)4-3-5-8/h5,8H,3-4,9H2,1-2H3. The van der Waals surface area contributed by atoms with Crippen LogP contribution in [-0.2, 0) is 4.79 Å². The molecule has 0 aliphatic heterocycles. The highest BCUT2D eigenvalue weighted by molar-refractivity contribution is 5.85. The fraction of sp³-hybridized carbons (Fsp3) is 0.714. The second-order valence-electron chi connectivity index (χ2n) is 2.72. The van der Waals surface area contributed by atoms with Crippen molar-refractivity contribution in [2.75, 3.05) is 0 Å². The van der Waals surface area contributed by atoms with E-state index in [1.807, 2.05) is 0 Å². The number of carbonyl (C=O) groups excluding carboxylic acids is 1. The summed E-state index contributed by atoms with van der Waals surface area (Å²) in [6.07, 6.45) is 2.41. The molecule has 0 amide bonds. The van der Waals surface area contributed by atoms with Crippen LogP contribution >= 0.6 is 0 Å². The minimum atomic E-state index is -0.739. The molecule has 10 heavy (non-hydrogen) atoms. The molecule has 0 aromatic rings. The lowest BCUT2D eigenvalue weighted by molar-refractivity contribution is -0.121. The van der Waals surface area contributed by atoms with E-state index in [1.54, 1.807) is 6.92 Å². The second kappa shape index (κ2) is 3.46. The van der Waals surface area contributed by atoms with Gasteiger partial charge in [0.1, 0.15) is 5.78 Å². The van der Waals surface area contributed by atoms with Crippen LogP contribution in [0.15, 0.2) is 0 Å². The Bertz CT molecular complexity index is 141. The Morgan fingerprint density at radius 1 is 1.80 bits per heavy atom. The van der Waals surface area contributed by atoms with E-state index in [-0.39, 0.29) is 5.78 Å². The van der Waals surface area contributed by atoms with Gasteiger partial charge in [-0.2, -0.15) is 0 Å². The van der Waals surface area contributed by atoms with Crippen molar-refractivity contribution in [3.63, 3.8) is 0 Å². The van der Waals surface area contributed by atoms with Gasteiger partial charge in [-0.15, -0.1) is 0 Å². The SMILES string of the molecule is CC(=O)C(C)(N)CCC=N. The molecule has 0 fully saturated rings. The van der Waals surface area contributed by atoms with Crippen LogP contribution in [0.1, 0.15) is 26.7 Å². The molecule has 0 heterocycles. The molecule has 0 spiro atoms. The van der Waals surface area contributed by atoms with Crippen molar-refractivity contribution in [3.8, 4) is 0 Å². The van der Waals surface area contributed by atoms with Gasteiger partial charge in [0.25, 0.3) is 0 Å². The molecule has 0 saturated heterocycles. The van der Waals surface area contributed by atoms with Gasteiger partial charge in [0, 0.05) is 0 Å². The lowest BCUT2D eigenvalue weighted by Crippen LogP contribution is -2.43. The topological polar surface area (TPSA) is 66.9 Å². The van der Waals surface area contributed by atoms with Gasteiger partial charge in [-0.25, -0.2) is 0 Å². The van der Waals surface area contributed by atoms with Crippen molar-refractivity contribution in [2.24, 2.45) is 5.73 Å². The van der Waals surface area contributed by atoms with Gasteiger partial charge in [-0.1, -0.05) is 0 Å². The van der Waals surface area contributed by atoms with Crippen LogP contribution in [0.3, 0.4) is 0 Å². The molecule has 0 radical (unpaired) electrons. The molecule has 1 atom stereocenters. The van der Waals surface area contributed by atoms with Gasteiger partial charge >= 0.3 is 0 Å². The molecule has 0 aliphatic rings. The first kappa shape index (κ1) is 9.30. The maximum atomic E-state index is 10.8. The zero-order chi connectivity index (χ0) is 8.20. The van der Waals surface area contributed by atoms with Crippen molar-refractivity contribution >= 4 is 12.0 Å². The number of nitrogens with one attached hydrogen (secondary N) is 1. The van der Waals surface area contributed by atoms with Crippen LogP contribution < -0.4 is 5.73 Å². The van der Waals surface area contributed by atoms with Gasteiger partial charge in [0.2, 0.25) is 0 Å². The molecular formula is C7H14N2O. The molecule has 3 nitrogen and oxygen atoms in total. The highest BCUT2D eigenvalue weighted by atomic mass is 16.1. The zero-order valence-corrected chi connectivity index (χ0v) is 6.48. The highest BCUT2D eigenvalue weighted by Gasteiger charge is 2.22. The molecule has 0 bridgehead atoms. The number of hydrogen-bond acceptors (Lipinski definition) is 3. The minimum absolute atomic E-state index is 0.0191. The van der Waals surface area contributed by atoms with Gasteiger partial charge in [0.15, 0.2) is 0 Å². The Morgan fingerprint density at radius 2 is 2.30 bits per heavy atom. The maximum Gasteiger partial charge on any atom is 0.149 e. The molecule has 3 N–H and O–H groups in total. The number of Topliss-reactive ketones (excluding diaryl/α,β-unsaturated/α-hetero) is 1. The van der Waals surface area contributed by atoms with Crippen LogP contribution in [0, 0.1) is 5.41 Å². The monoisotopic (exact) mass is 142 g/mol. The van der Waals surface area contributed by atoms with E-state index in [2.05, 4.69) is 0 Å². The maximum absolute atomic E-state index is 10.8. The summed E-state index contributed by atoms with van der Waals surface area (Å²) in [5, 5.41) is 6.73. The largest absolute Gasteiger partial charge is 0.319 e. The second-order valence-corrected chi connectivity index (χ2v) is 2.72. The molecule has 3 heteroatoms. The Kier molecular flexibility index (Phi) is 3.22. The number of nitrogens with two attached hydrogens (primary N) is 1. The van der Waals surface area contributed by atoms with E-state index in [4.69, 9.17) is 11.1 Å². The first-order chi connectivity index (χ1) is 4.50. The Labute approximate surface area is 61.1 Å². The van der Waals surface area contributed by atoms with Gasteiger partial charge in [-0.3, -0.25) is 4.79 Å². The normalized spacial score (nSPS) is 15.9. The van der Waals surface area contributed by atoms with Crippen LogP contribution in [-0.4, -0.2) is 17.5 Å². The van der Waals surface area contributed by atoms with Crippen molar-refractivity contribution in [1.29, 1.82) is 5.41 Å². The Hall–Kier alpha value is -0.700. The van der Waals surface area contributed by atoms with Crippen molar-refractivity contribution < 1.29 is 4.79 Å². The molecule has 0 aromatic heterocycles. The van der Waals surface area contributed by atoms with E-state index in [0.717, 1.165) is 0 Å². The summed E-state index contributed by atoms with van der Waals surface area (Å²) in [5.74, 6) is -0.0191. The lowest BCUT2D eigenvalue weighted by atomic mass is 9.93. The summed E-state index contributed by atoms with van der Waals surface area (Å²) < 4.78 is 0. The quantitative estimate of drug-likeness (QED) is 0.568. The van der Waals surface area contributed by atoms with Gasteiger partial charge in [-0.05, 0) is 32.9 Å². The fourth-order valence-corrected chi connectivity index (χ4v) is 0.548. The first-order valence-electron chi connectivity index (χ1n) is 3.29. The average Bonchev–Trinajstić information content (AvgIpc) is 1.84. The van der Waals surface area contributed by atoms with Crippen molar-refractivity contribution in [1.82, 2.24) is 0 Å². The average molecular weight is 142 g/mol. The van der Waals surface area contributed by atoms with Crippen LogP contribution in [0.2, 0.25) is 0 Å². The van der Waals surface area contributed by atoms with Crippen LogP contribution in [0.5, 0.6) is 0 Å². The predicted octanol–water partition coefficient (Wildman–Crippen LogP) is 0.723. The number of rotatable bonds is 4. The third-order valence-corrected chi connectivity index (χ3v) is 1.61. The number of carbonyl (C=O) groups is 1. The molecule has 0 rings (SSSR count). The van der Waals surface area contributed by atoms with Gasteiger partial charge < -0.3 is 11.1 Å². The predicted molar refractivity (Wildman–Crippen MR) is 41.3 cm³/mol. The summed E-state index contributed by atoms with van der Waals surface area (Å²) in [7, 11) is 0. The summed E-state index contributed by atoms with van der Waals surface area (Å²) in [6.45, 7) is 3.17. The van der Waals surface area contributed by atoms with Crippen LogP contribution in [0.4, 0.5) is 0 Å². The molecule has 0 aromatic carbocycles. The molecule has 0 aliphatic carbocycles. The third-order valence-electron chi connectivity index (χ3n) is 1.61. The van der Waals surface area contributed by atoms with E-state index in [0.29, 0.717) is 12.8 Å². The molecular weight excluding hydrogens is 128 g/mol. The summed E-state index contributed by atoms with van der Waals surface area (Å²) in [6, 6.07) is 0. The fourth-order valence-electron chi connectivity index (χ4n) is 0.548. The number of ketones is 1. The van der Waals surface area contributed by atoms with E-state index < -0.39 is 5.54 Å². The Balaban J connectivity index is 3.86. The van der Waals surface area contributed by atoms with Gasteiger partial charge in [0.05, 0.1) is 5.54 Å². The zero-order valence-electron chi connectivity index (χ0n) is 6.48. The Morgan fingerprint density at radius 3 is 2.60 bits per heavy atom. The molecule has 0 saturated carbocycles. The van der Waals surface area contributed by atoms with E-state index in [1.165, 1.54) is 13.1 Å². The first-order valence-corrected chi connectivity index (χ1v) is 3.29.